The first-order valence-electron chi connectivity index (χ1n) is 5.22. The molecule has 1 amide bonds. The first-order chi connectivity index (χ1) is 7.60. The van der Waals surface area contributed by atoms with E-state index in [4.69, 9.17) is 4.74 Å². The molecule has 0 aliphatic carbocycles. The fraction of sp³-hybridized carbons (Fsp3) is 0.800. The number of carbonyl (C=O) groups excluding carboxylic acids is 2. The quantitative estimate of drug-likeness (QED) is 0.564. The summed E-state index contributed by atoms with van der Waals surface area (Å²) >= 11 is 3.30. The fourth-order valence-electron chi connectivity index (χ4n) is 1.50. The van der Waals surface area contributed by atoms with Gasteiger partial charge in [-0.05, 0) is 6.42 Å². The number of hydrogen-bond acceptors (Lipinski definition) is 4. The summed E-state index contributed by atoms with van der Waals surface area (Å²) in [6.45, 7) is 3.09. The minimum absolute atomic E-state index is 0.000275. The number of morpholine rings is 1. The van der Waals surface area contributed by atoms with Gasteiger partial charge in [-0.15, -0.1) is 0 Å². The second kappa shape index (κ2) is 6.20. The number of methoxy groups -OCH3 is 1. The lowest BCUT2D eigenvalue weighted by molar-refractivity contribution is -0.162. The molecular weight excluding hydrogens is 278 g/mol. The second-order valence-electron chi connectivity index (χ2n) is 3.54. The maximum Gasteiger partial charge on any atom is 0.336 e. The molecule has 0 aromatic heterocycles. The van der Waals surface area contributed by atoms with E-state index in [0.29, 0.717) is 13.2 Å². The molecule has 6 heteroatoms. The van der Waals surface area contributed by atoms with Crippen molar-refractivity contribution in [2.24, 2.45) is 0 Å². The summed E-state index contributed by atoms with van der Waals surface area (Å²) in [5.41, 5.74) is 0. The molecule has 0 bridgehead atoms. The molecule has 0 aromatic rings. The van der Waals surface area contributed by atoms with Crippen LogP contribution in [0.2, 0.25) is 0 Å². The molecule has 1 fully saturated rings. The largest absolute Gasteiger partial charge is 0.467 e. The molecule has 2 atom stereocenters. The molecule has 1 rings (SSSR count). The monoisotopic (exact) mass is 293 g/mol. The summed E-state index contributed by atoms with van der Waals surface area (Å²) in [6, 6.07) is 0. The average molecular weight is 294 g/mol. The van der Waals surface area contributed by atoms with Crippen LogP contribution < -0.4 is 0 Å². The fourth-order valence-corrected chi connectivity index (χ4v) is 1.79. The Balaban J connectivity index is 2.56. The van der Waals surface area contributed by atoms with E-state index in [-0.39, 0.29) is 17.3 Å². The van der Waals surface area contributed by atoms with E-state index in [1.165, 1.54) is 7.11 Å². The highest BCUT2D eigenvalue weighted by Gasteiger charge is 2.31. The van der Waals surface area contributed by atoms with Crippen LogP contribution in [0.15, 0.2) is 0 Å². The minimum Gasteiger partial charge on any atom is -0.467 e. The Morgan fingerprint density at radius 1 is 1.62 bits per heavy atom. The van der Waals surface area contributed by atoms with Crippen molar-refractivity contribution in [3.8, 4) is 0 Å². The molecule has 92 valence electrons. The molecule has 5 nitrogen and oxygen atoms in total. The number of esters is 1. The Morgan fingerprint density at radius 3 is 2.88 bits per heavy atom. The molecule has 0 aromatic carbocycles. The molecular formula is C10H16BrNO4. The summed E-state index contributed by atoms with van der Waals surface area (Å²) in [5, 5.41) is 0. The topological polar surface area (TPSA) is 55.8 Å². The normalized spacial score (nSPS) is 22.7. The maximum absolute atomic E-state index is 11.9. The van der Waals surface area contributed by atoms with E-state index in [1.54, 1.807) is 4.90 Å². The number of nitrogens with zero attached hydrogens (tertiary/aromatic N) is 1. The number of carbonyl (C=O) groups is 2. The van der Waals surface area contributed by atoms with Crippen LogP contribution in [0.5, 0.6) is 0 Å². The van der Waals surface area contributed by atoms with E-state index in [0.717, 1.165) is 6.42 Å². The van der Waals surface area contributed by atoms with Gasteiger partial charge in [-0.1, -0.05) is 22.9 Å². The lowest BCUT2D eigenvalue weighted by Gasteiger charge is -2.32. The third-order valence-corrected chi connectivity index (χ3v) is 3.51. The van der Waals surface area contributed by atoms with Crippen molar-refractivity contribution >= 4 is 27.8 Å². The van der Waals surface area contributed by atoms with Crippen molar-refractivity contribution in [3.63, 3.8) is 0 Å². The zero-order chi connectivity index (χ0) is 12.1. The Kier molecular flexibility index (Phi) is 5.21. The van der Waals surface area contributed by atoms with Crippen molar-refractivity contribution < 1.29 is 19.1 Å². The van der Waals surface area contributed by atoms with Gasteiger partial charge in [0, 0.05) is 6.54 Å². The molecule has 0 saturated carbocycles. The van der Waals surface area contributed by atoms with Gasteiger partial charge in [0.25, 0.3) is 0 Å². The van der Waals surface area contributed by atoms with Crippen LogP contribution in [0, 0.1) is 0 Å². The van der Waals surface area contributed by atoms with Crippen LogP contribution in [0.3, 0.4) is 0 Å². The van der Waals surface area contributed by atoms with Crippen molar-refractivity contribution in [1.29, 1.82) is 0 Å². The highest BCUT2D eigenvalue weighted by atomic mass is 79.9. The predicted octanol–water partition coefficient (Wildman–Crippen LogP) is 0.560. The van der Waals surface area contributed by atoms with Crippen molar-refractivity contribution in [3.05, 3.63) is 0 Å². The lowest BCUT2D eigenvalue weighted by atomic mass is 10.2. The zero-order valence-electron chi connectivity index (χ0n) is 9.44. The first-order valence-corrected chi connectivity index (χ1v) is 6.14. The van der Waals surface area contributed by atoms with Crippen molar-refractivity contribution in [2.45, 2.75) is 24.3 Å². The van der Waals surface area contributed by atoms with Crippen LogP contribution in [0.25, 0.3) is 0 Å². The number of ether oxygens (including phenoxy) is 2. The van der Waals surface area contributed by atoms with Gasteiger partial charge in [0.1, 0.15) is 0 Å². The molecule has 16 heavy (non-hydrogen) atoms. The van der Waals surface area contributed by atoms with Gasteiger partial charge in [-0.25, -0.2) is 4.79 Å². The molecule has 0 N–H and O–H groups in total. The highest BCUT2D eigenvalue weighted by molar-refractivity contribution is 9.10. The smallest absolute Gasteiger partial charge is 0.336 e. The Labute approximate surface area is 103 Å². The van der Waals surface area contributed by atoms with Crippen LogP contribution in [-0.2, 0) is 19.1 Å². The number of halogens is 1. The van der Waals surface area contributed by atoms with E-state index < -0.39 is 12.1 Å². The van der Waals surface area contributed by atoms with Gasteiger partial charge >= 0.3 is 5.97 Å². The first kappa shape index (κ1) is 13.4. The van der Waals surface area contributed by atoms with Crippen LogP contribution in [-0.4, -0.2) is 54.5 Å². The number of amides is 1. The summed E-state index contributed by atoms with van der Waals surface area (Å²) in [6.07, 6.45) is 0.0678. The third-order valence-electron chi connectivity index (χ3n) is 2.47. The van der Waals surface area contributed by atoms with Gasteiger partial charge in [0.05, 0.1) is 25.1 Å². The van der Waals surface area contributed by atoms with Gasteiger partial charge < -0.3 is 14.4 Å². The molecule has 1 aliphatic rings. The number of hydrogen-bond donors (Lipinski definition) is 0. The van der Waals surface area contributed by atoms with E-state index in [1.807, 2.05) is 6.92 Å². The lowest BCUT2D eigenvalue weighted by Crippen LogP contribution is -2.50. The minimum atomic E-state index is -0.653. The number of alkyl halides is 1. The Morgan fingerprint density at radius 2 is 2.31 bits per heavy atom. The maximum atomic E-state index is 11.9. The average Bonchev–Trinajstić information content (AvgIpc) is 2.36. The van der Waals surface area contributed by atoms with E-state index in [9.17, 15) is 9.59 Å². The predicted molar refractivity (Wildman–Crippen MR) is 61.3 cm³/mol. The second-order valence-corrected chi connectivity index (χ2v) is 4.65. The van der Waals surface area contributed by atoms with Gasteiger partial charge in [0.2, 0.25) is 5.91 Å². The van der Waals surface area contributed by atoms with Crippen LogP contribution in [0.1, 0.15) is 13.3 Å². The Hall–Kier alpha value is -0.620. The summed E-state index contributed by atoms with van der Waals surface area (Å²) < 4.78 is 9.83. The standard InChI is InChI=1S/C10H16BrNO4/c1-3-7(11)9(13)12-4-5-16-8(6-12)10(14)15-2/h7-8H,3-6H2,1-2H3. The van der Waals surface area contributed by atoms with E-state index >= 15 is 0 Å². The Bertz CT molecular complexity index is 272. The van der Waals surface area contributed by atoms with Gasteiger partial charge in [-0.3, -0.25) is 4.79 Å². The molecule has 0 radical (unpaired) electrons. The summed E-state index contributed by atoms with van der Waals surface area (Å²) in [7, 11) is 1.31. The van der Waals surface area contributed by atoms with Crippen LogP contribution in [0.4, 0.5) is 0 Å². The SMILES string of the molecule is CCC(Br)C(=O)N1CCOC(C(=O)OC)C1. The third kappa shape index (κ3) is 3.18. The molecule has 1 aliphatic heterocycles. The van der Waals surface area contributed by atoms with Gasteiger partial charge in [-0.2, -0.15) is 0 Å². The highest BCUT2D eigenvalue weighted by Crippen LogP contribution is 2.13. The summed E-state index contributed by atoms with van der Waals surface area (Å²) in [4.78, 5) is 24.6. The summed E-state index contributed by atoms with van der Waals surface area (Å²) in [5.74, 6) is -0.431. The molecule has 1 heterocycles. The van der Waals surface area contributed by atoms with Gasteiger partial charge in [0.15, 0.2) is 6.10 Å². The molecule has 2 unspecified atom stereocenters. The van der Waals surface area contributed by atoms with Crippen molar-refractivity contribution in [2.75, 3.05) is 26.8 Å². The zero-order valence-corrected chi connectivity index (χ0v) is 11.0. The molecule has 1 saturated heterocycles. The molecule has 0 spiro atoms. The van der Waals surface area contributed by atoms with Crippen molar-refractivity contribution in [1.82, 2.24) is 4.90 Å². The number of rotatable bonds is 3. The van der Waals surface area contributed by atoms with E-state index in [2.05, 4.69) is 20.7 Å². The van der Waals surface area contributed by atoms with Crippen LogP contribution >= 0.6 is 15.9 Å².